The average molecular weight is 171 g/mol. The Bertz CT molecular complexity index is 132. The lowest BCUT2D eigenvalue weighted by molar-refractivity contribution is 0.0860. The van der Waals surface area contributed by atoms with E-state index in [4.69, 9.17) is 5.73 Å². The van der Waals surface area contributed by atoms with E-state index < -0.39 is 0 Å². The molecule has 1 saturated carbocycles. The quantitative estimate of drug-likeness (QED) is 0.597. The van der Waals surface area contributed by atoms with Crippen molar-refractivity contribution in [2.75, 3.05) is 6.54 Å². The van der Waals surface area contributed by atoms with Crippen molar-refractivity contribution in [3.05, 3.63) is 0 Å². The summed E-state index contributed by atoms with van der Waals surface area (Å²) in [4.78, 5) is 0. The fourth-order valence-corrected chi connectivity index (χ4v) is 1.73. The van der Waals surface area contributed by atoms with E-state index in [0.29, 0.717) is 6.54 Å². The van der Waals surface area contributed by atoms with Crippen molar-refractivity contribution in [1.29, 1.82) is 0 Å². The molecule has 72 valence electrons. The van der Waals surface area contributed by atoms with Gasteiger partial charge in [-0.25, -0.2) is 0 Å². The van der Waals surface area contributed by atoms with Gasteiger partial charge in [0.05, 0.1) is 6.10 Å². The second kappa shape index (κ2) is 4.24. The molecule has 0 spiro atoms. The number of unbranched alkanes of at least 4 members (excludes halogenated alkanes) is 2. The summed E-state index contributed by atoms with van der Waals surface area (Å²) in [6, 6.07) is 0. The maximum absolute atomic E-state index is 9.79. The SMILES string of the molecule is CCCCCC(O)C1(CN)CC1. The van der Waals surface area contributed by atoms with Crippen LogP contribution in [0.3, 0.4) is 0 Å². The van der Waals surface area contributed by atoms with Gasteiger partial charge in [-0.2, -0.15) is 0 Å². The zero-order chi connectivity index (χ0) is 9.03. The van der Waals surface area contributed by atoms with Gasteiger partial charge in [0.15, 0.2) is 0 Å². The minimum Gasteiger partial charge on any atom is -0.393 e. The van der Waals surface area contributed by atoms with Crippen LogP contribution in [0.25, 0.3) is 0 Å². The van der Waals surface area contributed by atoms with Crippen molar-refractivity contribution in [2.24, 2.45) is 11.1 Å². The van der Waals surface area contributed by atoms with Gasteiger partial charge in [0.25, 0.3) is 0 Å². The zero-order valence-corrected chi connectivity index (χ0v) is 8.05. The lowest BCUT2D eigenvalue weighted by atomic mass is 9.94. The highest BCUT2D eigenvalue weighted by Crippen LogP contribution is 2.48. The second-order valence-electron chi connectivity index (χ2n) is 4.08. The van der Waals surface area contributed by atoms with Crippen molar-refractivity contribution in [3.63, 3.8) is 0 Å². The van der Waals surface area contributed by atoms with E-state index in [1.54, 1.807) is 0 Å². The Morgan fingerprint density at radius 2 is 2.08 bits per heavy atom. The molecular formula is C10H21NO. The molecule has 0 aromatic rings. The lowest BCUT2D eigenvalue weighted by Crippen LogP contribution is -2.29. The summed E-state index contributed by atoms with van der Waals surface area (Å²) in [5, 5.41) is 9.79. The maximum Gasteiger partial charge on any atom is 0.0608 e. The Morgan fingerprint density at radius 3 is 2.50 bits per heavy atom. The third-order valence-corrected chi connectivity index (χ3v) is 3.09. The Morgan fingerprint density at radius 1 is 1.42 bits per heavy atom. The largest absolute Gasteiger partial charge is 0.393 e. The number of hydrogen-bond donors (Lipinski definition) is 2. The fourth-order valence-electron chi connectivity index (χ4n) is 1.73. The van der Waals surface area contributed by atoms with Crippen molar-refractivity contribution < 1.29 is 5.11 Å². The Kier molecular flexibility index (Phi) is 3.53. The molecule has 12 heavy (non-hydrogen) atoms. The first-order valence-electron chi connectivity index (χ1n) is 5.13. The molecule has 0 radical (unpaired) electrons. The van der Waals surface area contributed by atoms with Gasteiger partial charge in [0, 0.05) is 12.0 Å². The predicted octanol–water partition coefficient (Wildman–Crippen LogP) is 1.67. The van der Waals surface area contributed by atoms with Crippen molar-refractivity contribution in [3.8, 4) is 0 Å². The monoisotopic (exact) mass is 171 g/mol. The summed E-state index contributed by atoms with van der Waals surface area (Å²) in [5.74, 6) is 0. The molecule has 0 heterocycles. The topological polar surface area (TPSA) is 46.2 Å². The Balaban J connectivity index is 2.15. The highest BCUT2D eigenvalue weighted by atomic mass is 16.3. The van der Waals surface area contributed by atoms with E-state index in [-0.39, 0.29) is 11.5 Å². The summed E-state index contributed by atoms with van der Waals surface area (Å²) in [6.45, 7) is 2.85. The first kappa shape index (κ1) is 10.0. The summed E-state index contributed by atoms with van der Waals surface area (Å²) in [5.41, 5.74) is 5.75. The third kappa shape index (κ3) is 2.20. The summed E-state index contributed by atoms with van der Waals surface area (Å²) in [6.07, 6.45) is 6.70. The number of nitrogens with two attached hydrogens (primary N) is 1. The minimum atomic E-state index is -0.131. The molecule has 0 aromatic carbocycles. The van der Waals surface area contributed by atoms with Gasteiger partial charge in [0.1, 0.15) is 0 Å². The summed E-state index contributed by atoms with van der Waals surface area (Å²) in [7, 11) is 0. The number of rotatable bonds is 6. The van der Waals surface area contributed by atoms with Crippen LogP contribution in [0.2, 0.25) is 0 Å². The van der Waals surface area contributed by atoms with E-state index in [1.165, 1.54) is 12.8 Å². The van der Waals surface area contributed by atoms with E-state index in [0.717, 1.165) is 25.7 Å². The first-order valence-corrected chi connectivity index (χ1v) is 5.13. The molecule has 0 aliphatic heterocycles. The average Bonchev–Trinajstić information content (AvgIpc) is 2.85. The van der Waals surface area contributed by atoms with E-state index in [2.05, 4.69) is 6.92 Å². The number of aliphatic hydroxyl groups excluding tert-OH is 1. The van der Waals surface area contributed by atoms with Gasteiger partial charge in [-0.05, 0) is 19.3 Å². The minimum absolute atomic E-state index is 0.131. The number of aliphatic hydroxyl groups is 1. The smallest absolute Gasteiger partial charge is 0.0608 e. The van der Waals surface area contributed by atoms with Gasteiger partial charge >= 0.3 is 0 Å². The standard InChI is InChI=1S/C10H21NO/c1-2-3-4-5-9(12)10(8-11)6-7-10/h9,12H,2-8,11H2,1H3. The van der Waals surface area contributed by atoms with Crippen molar-refractivity contribution in [1.82, 2.24) is 0 Å². The Hall–Kier alpha value is -0.0800. The number of hydrogen-bond acceptors (Lipinski definition) is 2. The fraction of sp³-hybridized carbons (Fsp3) is 1.00. The molecule has 0 amide bonds. The van der Waals surface area contributed by atoms with E-state index in [1.807, 2.05) is 0 Å². The van der Waals surface area contributed by atoms with Gasteiger partial charge < -0.3 is 10.8 Å². The highest BCUT2D eigenvalue weighted by Gasteiger charge is 2.46. The predicted molar refractivity (Wildman–Crippen MR) is 50.9 cm³/mol. The molecular weight excluding hydrogens is 150 g/mol. The summed E-state index contributed by atoms with van der Waals surface area (Å²) >= 11 is 0. The Labute approximate surface area is 75.2 Å². The van der Waals surface area contributed by atoms with Crippen LogP contribution in [-0.2, 0) is 0 Å². The van der Waals surface area contributed by atoms with E-state index >= 15 is 0 Å². The molecule has 0 aromatic heterocycles. The molecule has 0 saturated heterocycles. The highest BCUT2D eigenvalue weighted by molar-refractivity contribution is 4.99. The van der Waals surface area contributed by atoms with Crippen LogP contribution >= 0.6 is 0 Å². The van der Waals surface area contributed by atoms with Crippen LogP contribution in [0.15, 0.2) is 0 Å². The van der Waals surface area contributed by atoms with Crippen LogP contribution in [0.4, 0.5) is 0 Å². The molecule has 2 heteroatoms. The molecule has 1 rings (SSSR count). The normalized spacial score (nSPS) is 22.2. The van der Waals surface area contributed by atoms with Crippen molar-refractivity contribution in [2.45, 2.75) is 51.6 Å². The van der Waals surface area contributed by atoms with Gasteiger partial charge in [-0.1, -0.05) is 26.2 Å². The molecule has 1 aliphatic rings. The summed E-state index contributed by atoms with van der Waals surface area (Å²) < 4.78 is 0. The molecule has 1 atom stereocenters. The molecule has 3 N–H and O–H groups in total. The molecule has 1 aliphatic carbocycles. The third-order valence-electron chi connectivity index (χ3n) is 3.09. The van der Waals surface area contributed by atoms with Crippen LogP contribution < -0.4 is 5.73 Å². The van der Waals surface area contributed by atoms with E-state index in [9.17, 15) is 5.11 Å². The van der Waals surface area contributed by atoms with Crippen LogP contribution in [0.5, 0.6) is 0 Å². The van der Waals surface area contributed by atoms with Crippen LogP contribution in [0, 0.1) is 5.41 Å². The van der Waals surface area contributed by atoms with Crippen molar-refractivity contribution >= 4 is 0 Å². The molecule has 1 fully saturated rings. The van der Waals surface area contributed by atoms with Gasteiger partial charge in [0.2, 0.25) is 0 Å². The van der Waals surface area contributed by atoms with Gasteiger partial charge in [-0.3, -0.25) is 0 Å². The first-order chi connectivity index (χ1) is 5.75. The second-order valence-corrected chi connectivity index (χ2v) is 4.08. The lowest BCUT2D eigenvalue weighted by Gasteiger charge is -2.19. The van der Waals surface area contributed by atoms with Gasteiger partial charge in [-0.15, -0.1) is 0 Å². The zero-order valence-electron chi connectivity index (χ0n) is 8.05. The van der Waals surface area contributed by atoms with Crippen LogP contribution in [0.1, 0.15) is 45.4 Å². The molecule has 2 nitrogen and oxygen atoms in total. The van der Waals surface area contributed by atoms with Crippen LogP contribution in [-0.4, -0.2) is 17.8 Å². The molecule has 0 bridgehead atoms. The maximum atomic E-state index is 9.79. The molecule has 1 unspecified atom stereocenters.